The summed E-state index contributed by atoms with van der Waals surface area (Å²) in [5.41, 5.74) is 1.43. The topological polar surface area (TPSA) is 49.8 Å². The predicted octanol–water partition coefficient (Wildman–Crippen LogP) is 3.69. The zero-order valence-electron chi connectivity index (χ0n) is 12.6. The lowest BCUT2D eigenvalue weighted by Gasteiger charge is -2.17. The third-order valence-corrected chi connectivity index (χ3v) is 4.17. The van der Waals surface area contributed by atoms with Crippen LogP contribution in [0.5, 0.6) is 5.75 Å². The third kappa shape index (κ3) is 4.24. The highest BCUT2D eigenvalue weighted by molar-refractivity contribution is 6.30. The fourth-order valence-electron chi connectivity index (χ4n) is 2.78. The van der Waals surface area contributed by atoms with E-state index in [1.807, 2.05) is 36.4 Å². The second-order valence-corrected chi connectivity index (χ2v) is 6.16. The number of nitrogens with zero attached hydrogens (tertiary/aromatic N) is 1. The van der Waals surface area contributed by atoms with Crippen molar-refractivity contribution in [2.45, 2.75) is 19.1 Å². The van der Waals surface area contributed by atoms with Crippen LogP contribution >= 0.6 is 11.6 Å². The van der Waals surface area contributed by atoms with Crippen LogP contribution in [-0.4, -0.2) is 35.2 Å². The Morgan fingerprint density at radius 1 is 1.26 bits per heavy atom. The number of carboxylic acid groups (broad SMARTS) is 1. The van der Waals surface area contributed by atoms with Gasteiger partial charge in [0.25, 0.3) is 0 Å². The van der Waals surface area contributed by atoms with Crippen molar-refractivity contribution in [1.29, 1.82) is 0 Å². The highest BCUT2D eigenvalue weighted by Gasteiger charge is 2.24. The Morgan fingerprint density at radius 2 is 2.04 bits per heavy atom. The summed E-state index contributed by atoms with van der Waals surface area (Å²) >= 11 is 5.97. The molecule has 2 aromatic carbocycles. The summed E-state index contributed by atoms with van der Waals surface area (Å²) in [6, 6.07) is 14.5. The van der Waals surface area contributed by atoms with Gasteiger partial charge in [-0.25, -0.2) is 4.79 Å². The number of hydrogen-bond donors (Lipinski definition) is 1. The molecule has 3 rings (SSSR count). The molecule has 0 saturated carbocycles. The predicted molar refractivity (Wildman–Crippen MR) is 89.2 cm³/mol. The molecular weight excluding hydrogens is 314 g/mol. The Balaban J connectivity index is 1.54. The summed E-state index contributed by atoms with van der Waals surface area (Å²) in [5.74, 6) is -0.0946. The van der Waals surface area contributed by atoms with Crippen LogP contribution in [0.1, 0.15) is 22.3 Å². The largest absolute Gasteiger partial charge is 0.489 e. The van der Waals surface area contributed by atoms with Crippen molar-refractivity contribution >= 4 is 17.6 Å². The summed E-state index contributed by atoms with van der Waals surface area (Å²) in [5, 5.41) is 9.59. The van der Waals surface area contributed by atoms with E-state index in [9.17, 15) is 4.79 Å². The van der Waals surface area contributed by atoms with Gasteiger partial charge in [0, 0.05) is 24.7 Å². The molecule has 0 aliphatic carbocycles. The number of rotatable bonds is 5. The number of halogens is 1. The van der Waals surface area contributed by atoms with Crippen LogP contribution in [0.25, 0.3) is 0 Å². The van der Waals surface area contributed by atoms with Crippen molar-refractivity contribution in [2.24, 2.45) is 0 Å². The Kier molecular flexibility index (Phi) is 4.84. The Labute approximate surface area is 140 Å². The van der Waals surface area contributed by atoms with Crippen molar-refractivity contribution in [3.8, 4) is 5.75 Å². The van der Waals surface area contributed by atoms with Gasteiger partial charge in [0.05, 0.1) is 5.56 Å². The molecule has 1 aliphatic heterocycles. The molecule has 5 heteroatoms. The highest BCUT2D eigenvalue weighted by Crippen LogP contribution is 2.22. The molecule has 4 nitrogen and oxygen atoms in total. The lowest BCUT2D eigenvalue weighted by molar-refractivity contribution is 0.0697. The SMILES string of the molecule is O=C(O)c1ccc(CN2CCC(Oc3cccc(Cl)c3)C2)cc1. The van der Waals surface area contributed by atoms with Crippen LogP contribution in [0.2, 0.25) is 5.02 Å². The zero-order chi connectivity index (χ0) is 16.2. The van der Waals surface area contributed by atoms with Crippen LogP contribution < -0.4 is 4.74 Å². The van der Waals surface area contributed by atoms with E-state index in [4.69, 9.17) is 21.4 Å². The molecule has 1 aliphatic rings. The van der Waals surface area contributed by atoms with Crippen molar-refractivity contribution < 1.29 is 14.6 Å². The first kappa shape index (κ1) is 15.8. The van der Waals surface area contributed by atoms with Gasteiger partial charge in [-0.05, 0) is 42.3 Å². The molecule has 1 atom stereocenters. The third-order valence-electron chi connectivity index (χ3n) is 3.94. The molecule has 2 aromatic rings. The van der Waals surface area contributed by atoms with E-state index in [-0.39, 0.29) is 6.10 Å². The molecule has 1 heterocycles. The highest BCUT2D eigenvalue weighted by atomic mass is 35.5. The maximum atomic E-state index is 10.9. The summed E-state index contributed by atoms with van der Waals surface area (Å²) < 4.78 is 5.97. The molecule has 1 fully saturated rings. The van der Waals surface area contributed by atoms with Crippen LogP contribution in [0.4, 0.5) is 0 Å². The van der Waals surface area contributed by atoms with Crippen molar-refractivity contribution in [3.05, 3.63) is 64.7 Å². The molecule has 1 N–H and O–H groups in total. The maximum Gasteiger partial charge on any atom is 0.335 e. The Bertz CT molecular complexity index is 687. The van der Waals surface area contributed by atoms with E-state index in [0.717, 1.165) is 37.4 Å². The molecule has 1 saturated heterocycles. The van der Waals surface area contributed by atoms with Crippen molar-refractivity contribution in [1.82, 2.24) is 4.90 Å². The molecule has 0 radical (unpaired) electrons. The lowest BCUT2D eigenvalue weighted by atomic mass is 10.1. The van der Waals surface area contributed by atoms with E-state index in [1.165, 1.54) is 0 Å². The van der Waals surface area contributed by atoms with Gasteiger partial charge in [0.2, 0.25) is 0 Å². The van der Waals surface area contributed by atoms with E-state index in [2.05, 4.69) is 4.90 Å². The van der Waals surface area contributed by atoms with Gasteiger partial charge >= 0.3 is 5.97 Å². The van der Waals surface area contributed by atoms with Crippen LogP contribution in [0, 0.1) is 0 Å². The zero-order valence-corrected chi connectivity index (χ0v) is 13.4. The average Bonchev–Trinajstić information content (AvgIpc) is 2.95. The molecular formula is C18H18ClNO3. The summed E-state index contributed by atoms with van der Waals surface area (Å²) in [4.78, 5) is 13.2. The number of hydrogen-bond acceptors (Lipinski definition) is 3. The molecule has 0 spiro atoms. The fourth-order valence-corrected chi connectivity index (χ4v) is 2.96. The minimum absolute atomic E-state index is 0.159. The quantitative estimate of drug-likeness (QED) is 0.907. The number of carbonyl (C=O) groups is 1. The van der Waals surface area contributed by atoms with Gasteiger partial charge in [-0.3, -0.25) is 4.90 Å². The summed E-state index contributed by atoms with van der Waals surface area (Å²) in [6.45, 7) is 2.62. The van der Waals surface area contributed by atoms with Gasteiger partial charge < -0.3 is 9.84 Å². The van der Waals surface area contributed by atoms with Gasteiger partial charge in [-0.15, -0.1) is 0 Å². The van der Waals surface area contributed by atoms with Crippen LogP contribution in [-0.2, 0) is 6.54 Å². The molecule has 0 amide bonds. The van der Waals surface area contributed by atoms with Gasteiger partial charge in [-0.1, -0.05) is 29.8 Å². The monoisotopic (exact) mass is 331 g/mol. The van der Waals surface area contributed by atoms with E-state index < -0.39 is 5.97 Å². The molecule has 23 heavy (non-hydrogen) atoms. The minimum Gasteiger partial charge on any atom is -0.489 e. The minimum atomic E-state index is -0.896. The number of benzene rings is 2. The number of ether oxygens (including phenoxy) is 1. The standard InChI is InChI=1S/C18H18ClNO3/c19-15-2-1-3-16(10-15)23-17-8-9-20(12-17)11-13-4-6-14(7-5-13)18(21)22/h1-7,10,17H,8-9,11-12H2,(H,21,22). The van der Waals surface area contributed by atoms with Crippen LogP contribution in [0.15, 0.2) is 48.5 Å². The van der Waals surface area contributed by atoms with Gasteiger partial charge in [0.15, 0.2) is 0 Å². The van der Waals surface area contributed by atoms with Crippen LogP contribution in [0.3, 0.4) is 0 Å². The maximum absolute atomic E-state index is 10.9. The first-order chi connectivity index (χ1) is 11.1. The normalized spacial score (nSPS) is 18.0. The van der Waals surface area contributed by atoms with Gasteiger partial charge in [-0.2, -0.15) is 0 Å². The molecule has 120 valence electrons. The number of carboxylic acids is 1. The van der Waals surface area contributed by atoms with Crippen molar-refractivity contribution in [2.75, 3.05) is 13.1 Å². The number of aromatic carboxylic acids is 1. The average molecular weight is 332 g/mol. The van der Waals surface area contributed by atoms with E-state index in [0.29, 0.717) is 10.6 Å². The number of likely N-dealkylation sites (tertiary alicyclic amines) is 1. The summed E-state index contributed by atoms with van der Waals surface area (Å²) in [7, 11) is 0. The van der Waals surface area contributed by atoms with E-state index >= 15 is 0 Å². The molecule has 0 bridgehead atoms. The summed E-state index contributed by atoms with van der Waals surface area (Å²) in [6.07, 6.45) is 1.13. The lowest BCUT2D eigenvalue weighted by Crippen LogP contribution is -2.24. The Hall–Kier alpha value is -2.04. The first-order valence-corrected chi connectivity index (χ1v) is 7.95. The van der Waals surface area contributed by atoms with E-state index in [1.54, 1.807) is 12.1 Å². The van der Waals surface area contributed by atoms with Gasteiger partial charge in [0.1, 0.15) is 11.9 Å². The fraction of sp³-hybridized carbons (Fsp3) is 0.278. The van der Waals surface area contributed by atoms with Crippen molar-refractivity contribution in [3.63, 3.8) is 0 Å². The molecule has 1 unspecified atom stereocenters. The first-order valence-electron chi connectivity index (χ1n) is 7.57. The molecule has 0 aromatic heterocycles. The Morgan fingerprint density at radius 3 is 2.74 bits per heavy atom. The second-order valence-electron chi connectivity index (χ2n) is 5.72. The smallest absolute Gasteiger partial charge is 0.335 e. The second kappa shape index (κ2) is 7.02.